The molecule has 4 heteroatoms. The summed E-state index contributed by atoms with van der Waals surface area (Å²) in [5, 5.41) is 7.05. The van der Waals surface area contributed by atoms with E-state index in [0.29, 0.717) is 6.04 Å². The molecule has 1 atom stereocenters. The zero-order chi connectivity index (χ0) is 12.7. The molecule has 0 aliphatic carbocycles. The second-order valence-electron chi connectivity index (χ2n) is 4.13. The monoisotopic (exact) mass is 251 g/mol. The van der Waals surface area contributed by atoms with Gasteiger partial charge in [-0.3, -0.25) is 0 Å². The summed E-state index contributed by atoms with van der Waals surface area (Å²) >= 11 is 5.17. The van der Waals surface area contributed by atoms with E-state index in [-0.39, 0.29) is 0 Å². The molecule has 1 unspecified atom stereocenters. The number of nitrogens with zero attached hydrogens (tertiary/aromatic N) is 1. The summed E-state index contributed by atoms with van der Waals surface area (Å²) in [5.74, 6) is 0. The molecule has 0 aromatic heterocycles. The third-order valence-electron chi connectivity index (χ3n) is 2.60. The minimum absolute atomic E-state index is 0.327. The van der Waals surface area contributed by atoms with E-state index < -0.39 is 0 Å². The Hall–Kier alpha value is -1.13. The van der Waals surface area contributed by atoms with Gasteiger partial charge in [-0.05, 0) is 38.8 Å². The molecule has 3 nitrogen and oxygen atoms in total. The SMILES string of the molecule is CCNC(=S)NCC(c1ccccc1)N(C)C. The molecular formula is C13H21N3S. The summed E-state index contributed by atoms with van der Waals surface area (Å²) in [7, 11) is 4.16. The van der Waals surface area contributed by atoms with Crippen LogP contribution >= 0.6 is 12.2 Å². The summed E-state index contributed by atoms with van der Waals surface area (Å²) in [5.41, 5.74) is 1.30. The summed E-state index contributed by atoms with van der Waals surface area (Å²) < 4.78 is 0. The maximum absolute atomic E-state index is 5.17. The van der Waals surface area contributed by atoms with Gasteiger partial charge in [0.25, 0.3) is 0 Å². The van der Waals surface area contributed by atoms with Gasteiger partial charge >= 0.3 is 0 Å². The Kier molecular flexibility index (Phi) is 5.94. The first kappa shape index (κ1) is 13.9. The Bertz CT molecular complexity index is 338. The van der Waals surface area contributed by atoms with Crippen molar-refractivity contribution in [1.29, 1.82) is 0 Å². The zero-order valence-corrected chi connectivity index (χ0v) is 11.6. The van der Waals surface area contributed by atoms with Crippen LogP contribution in [0.3, 0.4) is 0 Å². The van der Waals surface area contributed by atoms with Gasteiger partial charge in [0.1, 0.15) is 0 Å². The summed E-state index contributed by atoms with van der Waals surface area (Å²) in [6.07, 6.45) is 0. The molecular weight excluding hydrogens is 230 g/mol. The van der Waals surface area contributed by atoms with Gasteiger partial charge in [0.05, 0.1) is 6.04 Å². The first-order valence-corrected chi connectivity index (χ1v) is 6.29. The van der Waals surface area contributed by atoms with Gasteiger partial charge in [-0.15, -0.1) is 0 Å². The molecule has 0 fully saturated rings. The molecule has 94 valence electrons. The van der Waals surface area contributed by atoms with Gasteiger partial charge in [-0.2, -0.15) is 0 Å². The maximum Gasteiger partial charge on any atom is 0.166 e. The number of rotatable bonds is 5. The van der Waals surface area contributed by atoms with Crippen molar-refractivity contribution in [2.45, 2.75) is 13.0 Å². The van der Waals surface area contributed by atoms with Crippen molar-refractivity contribution in [3.05, 3.63) is 35.9 Å². The van der Waals surface area contributed by atoms with Crippen LogP contribution in [-0.4, -0.2) is 37.2 Å². The van der Waals surface area contributed by atoms with Crippen LogP contribution in [0.4, 0.5) is 0 Å². The number of nitrogens with one attached hydrogen (secondary N) is 2. The van der Waals surface area contributed by atoms with E-state index in [1.807, 2.05) is 13.0 Å². The van der Waals surface area contributed by atoms with E-state index in [0.717, 1.165) is 18.2 Å². The van der Waals surface area contributed by atoms with Gasteiger partial charge in [0, 0.05) is 13.1 Å². The Morgan fingerprint density at radius 1 is 1.24 bits per heavy atom. The molecule has 0 radical (unpaired) electrons. The highest BCUT2D eigenvalue weighted by Crippen LogP contribution is 2.16. The quantitative estimate of drug-likeness (QED) is 0.780. The van der Waals surface area contributed by atoms with E-state index in [4.69, 9.17) is 12.2 Å². The van der Waals surface area contributed by atoms with Crippen molar-refractivity contribution >= 4 is 17.3 Å². The second kappa shape index (κ2) is 7.25. The molecule has 0 spiro atoms. The maximum atomic E-state index is 5.17. The van der Waals surface area contributed by atoms with Crippen molar-refractivity contribution in [1.82, 2.24) is 15.5 Å². The van der Waals surface area contributed by atoms with Gasteiger partial charge in [0.2, 0.25) is 0 Å². The molecule has 0 saturated heterocycles. The van der Waals surface area contributed by atoms with Crippen LogP contribution in [-0.2, 0) is 0 Å². The predicted molar refractivity (Wildman–Crippen MR) is 77.1 cm³/mol. The van der Waals surface area contributed by atoms with Gasteiger partial charge in [-0.1, -0.05) is 30.3 Å². The third kappa shape index (κ3) is 4.71. The lowest BCUT2D eigenvalue weighted by atomic mass is 10.1. The second-order valence-corrected chi connectivity index (χ2v) is 4.54. The summed E-state index contributed by atoms with van der Waals surface area (Å²) in [6, 6.07) is 10.8. The van der Waals surface area contributed by atoms with Crippen molar-refractivity contribution in [2.24, 2.45) is 0 Å². The lowest BCUT2D eigenvalue weighted by Crippen LogP contribution is -2.40. The van der Waals surface area contributed by atoms with Crippen LogP contribution in [0.25, 0.3) is 0 Å². The number of benzene rings is 1. The highest BCUT2D eigenvalue weighted by molar-refractivity contribution is 7.80. The fourth-order valence-electron chi connectivity index (χ4n) is 1.69. The lowest BCUT2D eigenvalue weighted by Gasteiger charge is -2.25. The molecule has 2 N–H and O–H groups in total. The largest absolute Gasteiger partial charge is 0.363 e. The highest BCUT2D eigenvalue weighted by Gasteiger charge is 2.13. The zero-order valence-electron chi connectivity index (χ0n) is 10.7. The molecule has 0 saturated carbocycles. The highest BCUT2D eigenvalue weighted by atomic mass is 32.1. The molecule has 0 heterocycles. The molecule has 0 amide bonds. The average Bonchev–Trinajstić information content (AvgIpc) is 2.30. The Morgan fingerprint density at radius 3 is 2.41 bits per heavy atom. The van der Waals surface area contributed by atoms with Crippen LogP contribution in [0.15, 0.2) is 30.3 Å². The average molecular weight is 251 g/mol. The number of hydrogen-bond donors (Lipinski definition) is 2. The molecule has 0 aliphatic heterocycles. The predicted octanol–water partition coefficient (Wildman–Crippen LogP) is 1.77. The summed E-state index contributed by atoms with van der Waals surface area (Å²) in [6.45, 7) is 3.70. The van der Waals surface area contributed by atoms with Crippen LogP contribution in [0.2, 0.25) is 0 Å². The lowest BCUT2D eigenvalue weighted by molar-refractivity contribution is 0.298. The van der Waals surface area contributed by atoms with E-state index in [1.165, 1.54) is 5.56 Å². The molecule has 0 bridgehead atoms. The molecule has 1 aromatic carbocycles. The normalized spacial score (nSPS) is 12.2. The number of likely N-dealkylation sites (N-methyl/N-ethyl adjacent to an activating group) is 1. The van der Waals surface area contributed by atoms with E-state index in [9.17, 15) is 0 Å². The first-order chi connectivity index (χ1) is 8.15. The minimum Gasteiger partial charge on any atom is -0.363 e. The first-order valence-electron chi connectivity index (χ1n) is 5.88. The Morgan fingerprint density at radius 2 is 1.88 bits per heavy atom. The van der Waals surface area contributed by atoms with E-state index in [2.05, 4.69) is 53.9 Å². The topological polar surface area (TPSA) is 27.3 Å². The van der Waals surface area contributed by atoms with Crippen molar-refractivity contribution in [3.8, 4) is 0 Å². The number of thiocarbonyl (C=S) groups is 1. The van der Waals surface area contributed by atoms with Crippen LogP contribution in [0.5, 0.6) is 0 Å². The molecule has 17 heavy (non-hydrogen) atoms. The fourth-order valence-corrected chi connectivity index (χ4v) is 1.91. The van der Waals surface area contributed by atoms with Crippen molar-refractivity contribution in [3.63, 3.8) is 0 Å². The van der Waals surface area contributed by atoms with Crippen molar-refractivity contribution < 1.29 is 0 Å². The van der Waals surface area contributed by atoms with Crippen molar-refractivity contribution in [2.75, 3.05) is 27.2 Å². The fraction of sp³-hybridized carbons (Fsp3) is 0.462. The van der Waals surface area contributed by atoms with Crippen LogP contribution in [0.1, 0.15) is 18.5 Å². The van der Waals surface area contributed by atoms with Crippen LogP contribution < -0.4 is 10.6 Å². The summed E-state index contributed by atoms with van der Waals surface area (Å²) in [4.78, 5) is 2.19. The third-order valence-corrected chi connectivity index (χ3v) is 2.89. The molecule has 1 rings (SSSR count). The van der Waals surface area contributed by atoms with Gasteiger partial charge in [0.15, 0.2) is 5.11 Å². The number of hydrogen-bond acceptors (Lipinski definition) is 2. The smallest absolute Gasteiger partial charge is 0.166 e. The Balaban J connectivity index is 2.59. The molecule has 0 aliphatic rings. The standard InChI is InChI=1S/C13H21N3S/c1-4-14-13(17)15-10-12(16(2)3)11-8-6-5-7-9-11/h5-9,12H,4,10H2,1-3H3,(H2,14,15,17). The van der Waals surface area contributed by atoms with Crippen LogP contribution in [0, 0.1) is 0 Å². The minimum atomic E-state index is 0.327. The molecule has 1 aromatic rings. The van der Waals surface area contributed by atoms with Gasteiger partial charge < -0.3 is 15.5 Å². The van der Waals surface area contributed by atoms with Gasteiger partial charge in [-0.25, -0.2) is 0 Å². The Labute approximate surface area is 109 Å². The van der Waals surface area contributed by atoms with E-state index >= 15 is 0 Å². The van der Waals surface area contributed by atoms with E-state index in [1.54, 1.807) is 0 Å².